The third-order valence-electron chi connectivity index (χ3n) is 3.53. The van der Waals surface area contributed by atoms with Crippen LogP contribution in [0.4, 0.5) is 5.69 Å². The highest BCUT2D eigenvalue weighted by atomic mass is 16.3. The number of aliphatic hydroxyl groups is 1. The first-order chi connectivity index (χ1) is 8.54. The number of likely N-dealkylation sites (N-methyl/N-ethyl adjacent to an activating group) is 1. The highest BCUT2D eigenvalue weighted by Gasteiger charge is 2.36. The molecule has 98 valence electrons. The molecular weight excluding hydrogens is 228 g/mol. The largest absolute Gasteiger partial charge is 0.394 e. The molecule has 18 heavy (non-hydrogen) atoms. The number of amides is 1. The molecule has 0 bridgehead atoms. The van der Waals surface area contributed by atoms with Crippen molar-refractivity contribution in [1.29, 1.82) is 0 Å². The summed E-state index contributed by atoms with van der Waals surface area (Å²) in [5.74, 6) is -0.0254. The predicted octanol–water partition coefficient (Wildman–Crippen LogP) is 1.02. The number of aliphatic hydroxyl groups excluding tert-OH is 1. The number of benzene rings is 1. The number of carbonyl (C=O) groups excluding carboxylic acids is 1. The Bertz CT molecular complexity index is 430. The molecule has 1 heterocycles. The van der Waals surface area contributed by atoms with E-state index in [9.17, 15) is 9.90 Å². The van der Waals surface area contributed by atoms with Gasteiger partial charge < -0.3 is 10.0 Å². The van der Waals surface area contributed by atoms with Crippen LogP contribution >= 0.6 is 0 Å². The number of nitrogens with zero attached hydrogens (tertiary/aromatic N) is 2. The zero-order valence-corrected chi connectivity index (χ0v) is 11.1. The van der Waals surface area contributed by atoms with Crippen LogP contribution < -0.4 is 4.90 Å². The van der Waals surface area contributed by atoms with E-state index in [1.165, 1.54) is 5.56 Å². The fraction of sp³-hybridized carbons (Fsp3) is 0.500. The first-order valence-electron chi connectivity index (χ1n) is 6.25. The molecule has 2 unspecified atom stereocenters. The zero-order chi connectivity index (χ0) is 13.3. The van der Waals surface area contributed by atoms with E-state index >= 15 is 0 Å². The Morgan fingerprint density at radius 1 is 1.33 bits per heavy atom. The second-order valence-electron chi connectivity index (χ2n) is 5.03. The van der Waals surface area contributed by atoms with Crippen molar-refractivity contribution in [3.05, 3.63) is 29.8 Å². The Morgan fingerprint density at radius 3 is 2.50 bits per heavy atom. The predicted molar refractivity (Wildman–Crippen MR) is 71.6 cm³/mol. The second-order valence-corrected chi connectivity index (χ2v) is 5.03. The minimum absolute atomic E-state index is 0.0254. The summed E-state index contributed by atoms with van der Waals surface area (Å²) >= 11 is 0. The number of carbonyl (C=O) groups is 1. The van der Waals surface area contributed by atoms with Crippen LogP contribution in [0.2, 0.25) is 0 Å². The molecule has 2 atom stereocenters. The fourth-order valence-corrected chi connectivity index (χ4v) is 2.50. The SMILES string of the molecule is Cc1ccc(N2C(=O)C(CO)N(C)CC2C)cc1. The van der Waals surface area contributed by atoms with Crippen molar-refractivity contribution in [2.45, 2.75) is 25.9 Å². The van der Waals surface area contributed by atoms with Gasteiger partial charge in [-0.05, 0) is 33.0 Å². The molecule has 0 aliphatic carbocycles. The molecule has 1 aliphatic heterocycles. The summed E-state index contributed by atoms with van der Waals surface area (Å²) in [6, 6.07) is 7.62. The monoisotopic (exact) mass is 248 g/mol. The topological polar surface area (TPSA) is 43.8 Å². The molecule has 4 nitrogen and oxygen atoms in total. The molecule has 1 fully saturated rings. The van der Waals surface area contributed by atoms with Gasteiger partial charge in [0.1, 0.15) is 6.04 Å². The van der Waals surface area contributed by atoms with E-state index < -0.39 is 6.04 Å². The molecule has 4 heteroatoms. The maximum Gasteiger partial charge on any atom is 0.247 e. The van der Waals surface area contributed by atoms with Crippen LogP contribution in [-0.2, 0) is 4.79 Å². The highest BCUT2D eigenvalue weighted by molar-refractivity contribution is 5.98. The molecule has 1 N–H and O–H groups in total. The van der Waals surface area contributed by atoms with Gasteiger partial charge in [0, 0.05) is 18.3 Å². The van der Waals surface area contributed by atoms with Crippen molar-refractivity contribution in [1.82, 2.24) is 4.90 Å². The number of rotatable bonds is 2. The minimum Gasteiger partial charge on any atom is -0.394 e. The van der Waals surface area contributed by atoms with Gasteiger partial charge in [-0.3, -0.25) is 9.69 Å². The van der Waals surface area contributed by atoms with Crippen molar-refractivity contribution in [2.24, 2.45) is 0 Å². The first-order valence-corrected chi connectivity index (χ1v) is 6.25. The maximum atomic E-state index is 12.4. The van der Waals surface area contributed by atoms with E-state index in [-0.39, 0.29) is 18.6 Å². The van der Waals surface area contributed by atoms with E-state index in [2.05, 4.69) is 0 Å². The standard InChI is InChI=1S/C14H20N2O2/c1-10-4-6-12(7-5-10)16-11(2)8-15(3)13(9-17)14(16)18/h4-7,11,13,17H,8-9H2,1-3H3. The van der Waals surface area contributed by atoms with Crippen LogP contribution in [-0.4, -0.2) is 48.2 Å². The van der Waals surface area contributed by atoms with Crippen molar-refractivity contribution in [2.75, 3.05) is 25.1 Å². The lowest BCUT2D eigenvalue weighted by Gasteiger charge is -2.42. The molecule has 1 aromatic rings. The summed E-state index contributed by atoms with van der Waals surface area (Å²) in [5.41, 5.74) is 2.08. The summed E-state index contributed by atoms with van der Waals surface area (Å²) in [4.78, 5) is 16.1. The lowest BCUT2D eigenvalue weighted by molar-refractivity contribution is -0.127. The molecule has 0 radical (unpaired) electrons. The highest BCUT2D eigenvalue weighted by Crippen LogP contribution is 2.23. The number of hydrogen-bond acceptors (Lipinski definition) is 3. The van der Waals surface area contributed by atoms with Crippen LogP contribution in [0.25, 0.3) is 0 Å². The van der Waals surface area contributed by atoms with Crippen molar-refractivity contribution in [3.8, 4) is 0 Å². The first kappa shape index (κ1) is 13.1. The van der Waals surface area contributed by atoms with Crippen LogP contribution in [0.1, 0.15) is 12.5 Å². The maximum absolute atomic E-state index is 12.4. The number of aryl methyl sites for hydroxylation is 1. The molecule has 1 aliphatic rings. The average Bonchev–Trinajstić information content (AvgIpc) is 2.31. The smallest absolute Gasteiger partial charge is 0.247 e. The minimum atomic E-state index is -0.428. The van der Waals surface area contributed by atoms with Crippen LogP contribution in [0, 0.1) is 6.92 Å². The van der Waals surface area contributed by atoms with E-state index in [1.54, 1.807) is 4.90 Å². The van der Waals surface area contributed by atoms with Gasteiger partial charge in [0.15, 0.2) is 0 Å². The summed E-state index contributed by atoms with van der Waals surface area (Å²) in [6.45, 7) is 4.69. The van der Waals surface area contributed by atoms with E-state index in [0.29, 0.717) is 0 Å². The Morgan fingerprint density at radius 2 is 1.94 bits per heavy atom. The average molecular weight is 248 g/mol. The molecule has 1 aromatic carbocycles. The molecule has 0 saturated carbocycles. The van der Waals surface area contributed by atoms with Gasteiger partial charge in [0.2, 0.25) is 5.91 Å². The lowest BCUT2D eigenvalue weighted by atomic mass is 10.1. The normalized spacial score (nSPS) is 25.6. The van der Waals surface area contributed by atoms with Crippen molar-refractivity contribution >= 4 is 11.6 Å². The number of anilines is 1. The molecule has 0 aromatic heterocycles. The third-order valence-corrected chi connectivity index (χ3v) is 3.53. The Hall–Kier alpha value is -1.39. The molecule has 2 rings (SSSR count). The molecule has 0 spiro atoms. The Labute approximate surface area is 108 Å². The van der Waals surface area contributed by atoms with Gasteiger partial charge >= 0.3 is 0 Å². The van der Waals surface area contributed by atoms with Gasteiger partial charge in [-0.2, -0.15) is 0 Å². The fourth-order valence-electron chi connectivity index (χ4n) is 2.50. The van der Waals surface area contributed by atoms with Crippen LogP contribution in [0.3, 0.4) is 0 Å². The van der Waals surface area contributed by atoms with Gasteiger partial charge in [-0.15, -0.1) is 0 Å². The molecule has 1 saturated heterocycles. The van der Waals surface area contributed by atoms with Crippen molar-refractivity contribution < 1.29 is 9.90 Å². The van der Waals surface area contributed by atoms with Crippen molar-refractivity contribution in [3.63, 3.8) is 0 Å². The van der Waals surface area contributed by atoms with Gasteiger partial charge in [-0.25, -0.2) is 0 Å². The Balaban J connectivity index is 2.30. The van der Waals surface area contributed by atoms with Crippen LogP contribution in [0.5, 0.6) is 0 Å². The van der Waals surface area contributed by atoms with Gasteiger partial charge in [0.05, 0.1) is 6.61 Å². The van der Waals surface area contributed by atoms with E-state index in [1.807, 2.05) is 50.1 Å². The number of hydrogen-bond donors (Lipinski definition) is 1. The molecular formula is C14H20N2O2. The lowest BCUT2D eigenvalue weighted by Crippen LogP contribution is -2.61. The number of piperazine rings is 1. The quantitative estimate of drug-likeness (QED) is 0.850. The van der Waals surface area contributed by atoms with Gasteiger partial charge in [0.25, 0.3) is 0 Å². The summed E-state index contributed by atoms with van der Waals surface area (Å²) in [7, 11) is 1.88. The summed E-state index contributed by atoms with van der Waals surface area (Å²) in [5, 5.41) is 9.34. The third kappa shape index (κ3) is 2.26. The zero-order valence-electron chi connectivity index (χ0n) is 11.1. The Kier molecular flexibility index (Phi) is 3.68. The summed E-state index contributed by atoms with van der Waals surface area (Å²) < 4.78 is 0. The second kappa shape index (κ2) is 5.08. The summed E-state index contributed by atoms with van der Waals surface area (Å²) in [6.07, 6.45) is 0. The van der Waals surface area contributed by atoms with Gasteiger partial charge in [-0.1, -0.05) is 17.7 Å². The van der Waals surface area contributed by atoms with Crippen LogP contribution in [0.15, 0.2) is 24.3 Å². The van der Waals surface area contributed by atoms with E-state index in [0.717, 1.165) is 12.2 Å². The molecule has 1 amide bonds. The van der Waals surface area contributed by atoms with E-state index in [4.69, 9.17) is 0 Å².